The van der Waals surface area contributed by atoms with E-state index >= 15 is 0 Å². The molecule has 4 nitrogen and oxygen atoms in total. The Hall–Kier alpha value is -1.36. The monoisotopic (exact) mass is 195 g/mol. The molecule has 0 atom stereocenters. The van der Waals surface area contributed by atoms with Crippen LogP contribution in [0.25, 0.3) is 0 Å². The summed E-state index contributed by atoms with van der Waals surface area (Å²) in [6.07, 6.45) is 5.50. The molecule has 2 aromatic heterocycles. The van der Waals surface area contributed by atoms with Gasteiger partial charge in [-0.2, -0.15) is 5.10 Å². The van der Waals surface area contributed by atoms with E-state index in [2.05, 4.69) is 10.1 Å². The van der Waals surface area contributed by atoms with Gasteiger partial charge in [0.2, 0.25) is 0 Å². The quantitative estimate of drug-likeness (QED) is 0.743. The fourth-order valence-electron chi connectivity index (χ4n) is 1.01. The van der Waals surface area contributed by atoms with E-state index in [0.717, 1.165) is 11.4 Å². The zero-order chi connectivity index (χ0) is 9.10. The summed E-state index contributed by atoms with van der Waals surface area (Å²) in [5.41, 5.74) is 0. The third-order valence-electron chi connectivity index (χ3n) is 1.58. The maximum Gasteiger partial charge on any atom is 0.273 e. The Kier molecular flexibility index (Phi) is 2.27. The highest BCUT2D eigenvalue weighted by atomic mass is 32.1. The highest BCUT2D eigenvalue weighted by molar-refractivity contribution is 7.13. The molecule has 2 aromatic rings. The Morgan fingerprint density at radius 1 is 1.62 bits per heavy atom. The zero-order valence-electron chi connectivity index (χ0n) is 7.17. The topological polar surface area (TPSA) is 39.9 Å². The van der Waals surface area contributed by atoms with Gasteiger partial charge in [-0.15, -0.1) is 0 Å². The van der Waals surface area contributed by atoms with E-state index in [1.165, 1.54) is 11.3 Å². The van der Waals surface area contributed by atoms with E-state index < -0.39 is 0 Å². The Morgan fingerprint density at radius 2 is 2.54 bits per heavy atom. The molecule has 0 saturated carbocycles. The van der Waals surface area contributed by atoms with Gasteiger partial charge in [-0.05, 0) is 6.07 Å². The number of nitrogens with zero attached hydrogens (tertiary/aromatic N) is 3. The standard InChI is InChI=1S/C8H9N3OS/c1-12-8-9-5-7(13-8)6-11-4-2-3-10-11/h2-5H,6H2,1H3. The average Bonchev–Trinajstić information content (AvgIpc) is 2.76. The number of hydrogen-bond acceptors (Lipinski definition) is 4. The summed E-state index contributed by atoms with van der Waals surface area (Å²) in [7, 11) is 1.62. The van der Waals surface area contributed by atoms with Crippen molar-refractivity contribution in [2.45, 2.75) is 6.54 Å². The first kappa shape index (κ1) is 8.25. The van der Waals surface area contributed by atoms with Gasteiger partial charge in [0.05, 0.1) is 13.7 Å². The molecule has 0 spiro atoms. The fraction of sp³-hybridized carbons (Fsp3) is 0.250. The lowest BCUT2D eigenvalue weighted by molar-refractivity contribution is 0.412. The summed E-state index contributed by atoms with van der Waals surface area (Å²) in [5, 5.41) is 4.80. The maximum absolute atomic E-state index is 4.99. The van der Waals surface area contributed by atoms with Crippen LogP contribution in [0.5, 0.6) is 5.19 Å². The molecule has 68 valence electrons. The highest BCUT2D eigenvalue weighted by Gasteiger charge is 2.01. The van der Waals surface area contributed by atoms with Gasteiger partial charge >= 0.3 is 0 Å². The van der Waals surface area contributed by atoms with Crippen molar-refractivity contribution in [1.29, 1.82) is 0 Å². The van der Waals surface area contributed by atoms with Crippen molar-refractivity contribution in [1.82, 2.24) is 14.8 Å². The number of hydrogen-bond donors (Lipinski definition) is 0. The molecule has 0 aromatic carbocycles. The molecule has 0 N–H and O–H groups in total. The molecule has 2 heterocycles. The van der Waals surface area contributed by atoms with Gasteiger partial charge < -0.3 is 4.74 Å². The SMILES string of the molecule is COc1ncc(Cn2cccn2)s1. The second kappa shape index (κ2) is 3.57. The van der Waals surface area contributed by atoms with Crippen LogP contribution in [-0.2, 0) is 6.54 Å². The van der Waals surface area contributed by atoms with Crippen molar-refractivity contribution in [2.24, 2.45) is 0 Å². The van der Waals surface area contributed by atoms with E-state index in [-0.39, 0.29) is 0 Å². The van der Waals surface area contributed by atoms with Crippen LogP contribution in [0.3, 0.4) is 0 Å². The number of methoxy groups -OCH3 is 1. The Morgan fingerprint density at radius 3 is 3.15 bits per heavy atom. The normalized spacial score (nSPS) is 10.2. The second-order valence-corrected chi connectivity index (χ2v) is 3.58. The molecule has 0 fully saturated rings. The molecule has 0 bridgehead atoms. The molecular weight excluding hydrogens is 186 g/mol. The summed E-state index contributed by atoms with van der Waals surface area (Å²) >= 11 is 1.54. The van der Waals surface area contributed by atoms with E-state index in [9.17, 15) is 0 Å². The predicted octanol–water partition coefficient (Wildman–Crippen LogP) is 1.40. The van der Waals surface area contributed by atoms with Crippen molar-refractivity contribution >= 4 is 11.3 Å². The minimum Gasteiger partial charge on any atom is -0.473 e. The molecular formula is C8H9N3OS. The van der Waals surface area contributed by atoms with E-state index in [0.29, 0.717) is 5.19 Å². The highest BCUT2D eigenvalue weighted by Crippen LogP contribution is 2.20. The molecule has 2 rings (SSSR count). The molecule has 0 saturated heterocycles. The Balaban J connectivity index is 2.10. The summed E-state index contributed by atoms with van der Waals surface area (Å²) in [5.74, 6) is 0. The van der Waals surface area contributed by atoms with Crippen LogP contribution in [0.1, 0.15) is 4.88 Å². The zero-order valence-corrected chi connectivity index (χ0v) is 7.99. The maximum atomic E-state index is 4.99. The van der Waals surface area contributed by atoms with Crippen LogP contribution in [0, 0.1) is 0 Å². The average molecular weight is 195 g/mol. The van der Waals surface area contributed by atoms with E-state index in [1.807, 2.05) is 23.1 Å². The first-order valence-corrected chi connectivity index (χ1v) is 4.66. The lowest BCUT2D eigenvalue weighted by Crippen LogP contribution is -1.97. The molecule has 0 aliphatic carbocycles. The van der Waals surface area contributed by atoms with E-state index in [1.54, 1.807) is 13.3 Å². The second-order valence-electron chi connectivity index (χ2n) is 2.50. The largest absolute Gasteiger partial charge is 0.473 e. The molecule has 13 heavy (non-hydrogen) atoms. The fourth-order valence-corrected chi connectivity index (χ4v) is 1.73. The van der Waals surface area contributed by atoms with Crippen molar-refractivity contribution < 1.29 is 4.74 Å². The molecule has 0 amide bonds. The number of rotatable bonds is 3. The molecule has 0 aliphatic heterocycles. The van der Waals surface area contributed by atoms with Crippen LogP contribution in [0.2, 0.25) is 0 Å². The summed E-state index contributed by atoms with van der Waals surface area (Å²) in [6.45, 7) is 0.758. The first-order valence-electron chi connectivity index (χ1n) is 3.84. The van der Waals surface area contributed by atoms with Gasteiger partial charge in [0.25, 0.3) is 5.19 Å². The molecule has 0 aliphatic rings. The third-order valence-corrected chi connectivity index (χ3v) is 2.53. The van der Waals surface area contributed by atoms with Crippen molar-refractivity contribution in [3.8, 4) is 5.19 Å². The van der Waals surface area contributed by atoms with Crippen LogP contribution in [-0.4, -0.2) is 21.9 Å². The van der Waals surface area contributed by atoms with Crippen molar-refractivity contribution in [2.75, 3.05) is 7.11 Å². The van der Waals surface area contributed by atoms with Gasteiger partial charge in [-0.3, -0.25) is 4.68 Å². The van der Waals surface area contributed by atoms with Crippen LogP contribution < -0.4 is 4.74 Å². The third kappa shape index (κ3) is 1.86. The molecule has 0 unspecified atom stereocenters. The number of aromatic nitrogens is 3. The lowest BCUT2D eigenvalue weighted by atomic mass is 10.5. The van der Waals surface area contributed by atoms with Crippen LogP contribution >= 0.6 is 11.3 Å². The Bertz CT molecular complexity index is 368. The molecule has 0 radical (unpaired) electrons. The van der Waals surface area contributed by atoms with Crippen molar-refractivity contribution in [3.63, 3.8) is 0 Å². The Labute approximate surface area is 79.8 Å². The lowest BCUT2D eigenvalue weighted by Gasteiger charge is -1.95. The van der Waals surface area contributed by atoms with Crippen LogP contribution in [0.15, 0.2) is 24.7 Å². The van der Waals surface area contributed by atoms with Gasteiger partial charge in [0.15, 0.2) is 0 Å². The predicted molar refractivity (Wildman–Crippen MR) is 50.0 cm³/mol. The van der Waals surface area contributed by atoms with Gasteiger partial charge in [0.1, 0.15) is 0 Å². The minimum absolute atomic E-state index is 0.696. The smallest absolute Gasteiger partial charge is 0.273 e. The van der Waals surface area contributed by atoms with Gasteiger partial charge in [-0.25, -0.2) is 4.98 Å². The van der Waals surface area contributed by atoms with Gasteiger partial charge in [-0.1, -0.05) is 11.3 Å². The first-order chi connectivity index (χ1) is 6.38. The number of thiazole rings is 1. The van der Waals surface area contributed by atoms with Crippen LogP contribution in [0.4, 0.5) is 0 Å². The summed E-state index contributed by atoms with van der Waals surface area (Å²) in [4.78, 5) is 5.21. The van der Waals surface area contributed by atoms with Gasteiger partial charge in [0, 0.05) is 23.5 Å². The minimum atomic E-state index is 0.696. The summed E-state index contributed by atoms with van der Waals surface area (Å²) in [6, 6.07) is 1.90. The molecule has 5 heteroatoms. The van der Waals surface area contributed by atoms with Crippen molar-refractivity contribution in [3.05, 3.63) is 29.5 Å². The summed E-state index contributed by atoms with van der Waals surface area (Å²) < 4.78 is 6.85. The number of ether oxygens (including phenoxy) is 1. The van der Waals surface area contributed by atoms with E-state index in [4.69, 9.17) is 4.74 Å².